The highest BCUT2D eigenvalue weighted by Crippen LogP contribution is 2.18. The molecule has 5 heteroatoms. The molecule has 4 atom stereocenters. The molecule has 0 aromatic carbocycles. The molecule has 0 aromatic rings. The van der Waals surface area contributed by atoms with Crippen molar-refractivity contribution < 1.29 is 20.4 Å². The van der Waals surface area contributed by atoms with E-state index in [1.807, 2.05) is 0 Å². The van der Waals surface area contributed by atoms with Crippen LogP contribution in [0.5, 0.6) is 0 Å². The Balaban J connectivity index is 3.66. The van der Waals surface area contributed by atoms with Crippen molar-refractivity contribution in [1.29, 1.82) is 0 Å². The quantitative estimate of drug-likeness (QED) is 0.424. The Bertz CT molecular complexity index is 94.8. The van der Waals surface area contributed by atoms with Crippen LogP contribution in [0.3, 0.4) is 0 Å². The van der Waals surface area contributed by atoms with Gasteiger partial charge in [-0.3, -0.25) is 0 Å². The lowest BCUT2D eigenvalue weighted by Gasteiger charge is -2.18. The summed E-state index contributed by atoms with van der Waals surface area (Å²) < 4.78 is 0. The van der Waals surface area contributed by atoms with Gasteiger partial charge >= 0.3 is 0 Å². The summed E-state index contributed by atoms with van der Waals surface area (Å²) in [7, 11) is 0. The van der Waals surface area contributed by atoms with Crippen LogP contribution in [0.4, 0.5) is 0 Å². The van der Waals surface area contributed by atoms with Gasteiger partial charge in [-0.05, 0) is 13.8 Å². The molecule has 0 fully saturated rings. The summed E-state index contributed by atoms with van der Waals surface area (Å²) in [6.07, 6.45) is -1.82. The summed E-state index contributed by atoms with van der Waals surface area (Å²) in [5, 5.41) is 35.6. The monoisotopic (exact) mass is 182 g/mol. The van der Waals surface area contributed by atoms with Gasteiger partial charge in [-0.2, -0.15) is 0 Å². The molecule has 0 radical (unpaired) electrons. The fraction of sp³-hybridized carbons (Fsp3) is 1.00. The Hall–Kier alpha value is 0.190. The maximum atomic E-state index is 8.99. The lowest BCUT2D eigenvalue weighted by atomic mass is 10.4. The second-order valence-electron chi connectivity index (χ2n) is 2.40. The van der Waals surface area contributed by atoms with Crippen molar-refractivity contribution in [2.45, 2.75) is 36.9 Å². The van der Waals surface area contributed by atoms with Crippen LogP contribution in [0.2, 0.25) is 0 Å². The maximum absolute atomic E-state index is 8.99. The Labute approximate surface area is 69.9 Å². The van der Waals surface area contributed by atoms with Gasteiger partial charge in [0.25, 0.3) is 0 Å². The van der Waals surface area contributed by atoms with Crippen molar-refractivity contribution in [3.8, 4) is 0 Å². The van der Waals surface area contributed by atoms with Crippen molar-refractivity contribution in [1.82, 2.24) is 0 Å². The zero-order chi connectivity index (χ0) is 9.02. The molecule has 4 N–H and O–H groups in total. The second kappa shape index (κ2) is 4.95. The molecule has 0 heterocycles. The van der Waals surface area contributed by atoms with Gasteiger partial charge in [-0.1, -0.05) is 11.8 Å². The molecule has 0 spiro atoms. The van der Waals surface area contributed by atoms with Crippen LogP contribution >= 0.6 is 11.8 Å². The fourth-order valence-electron chi connectivity index (χ4n) is 0.370. The molecule has 68 valence electrons. The number of aliphatic hydroxyl groups is 4. The largest absolute Gasteiger partial charge is 0.390 e. The molecule has 4 unspecified atom stereocenters. The van der Waals surface area contributed by atoms with Gasteiger partial charge in [0, 0.05) is 0 Å². The number of hydrogen-bond donors (Lipinski definition) is 4. The SMILES string of the molecule is CC(O)C(O)SC(O)C(C)O. The minimum absolute atomic E-state index is 0.727. The zero-order valence-electron chi connectivity index (χ0n) is 6.51. The van der Waals surface area contributed by atoms with E-state index >= 15 is 0 Å². The van der Waals surface area contributed by atoms with Gasteiger partial charge in [0.05, 0.1) is 12.2 Å². The Morgan fingerprint density at radius 2 is 1.09 bits per heavy atom. The summed E-state index contributed by atoms with van der Waals surface area (Å²) in [6.45, 7) is 2.82. The smallest absolute Gasteiger partial charge is 0.127 e. The number of aliphatic hydroxyl groups excluding tert-OH is 4. The van der Waals surface area contributed by atoms with E-state index in [0.29, 0.717) is 0 Å². The van der Waals surface area contributed by atoms with E-state index in [-0.39, 0.29) is 0 Å². The van der Waals surface area contributed by atoms with E-state index in [1.165, 1.54) is 13.8 Å². The molecule has 0 aliphatic carbocycles. The lowest BCUT2D eigenvalue weighted by Crippen LogP contribution is -2.27. The van der Waals surface area contributed by atoms with Crippen LogP contribution in [-0.4, -0.2) is 43.5 Å². The van der Waals surface area contributed by atoms with E-state index in [0.717, 1.165) is 11.8 Å². The topological polar surface area (TPSA) is 80.9 Å². The number of thioether (sulfide) groups is 1. The Morgan fingerprint density at radius 1 is 0.818 bits per heavy atom. The van der Waals surface area contributed by atoms with Crippen molar-refractivity contribution in [2.24, 2.45) is 0 Å². The van der Waals surface area contributed by atoms with E-state index in [2.05, 4.69) is 0 Å². The van der Waals surface area contributed by atoms with Crippen LogP contribution in [0, 0.1) is 0 Å². The first kappa shape index (κ1) is 11.2. The first-order valence-electron chi connectivity index (χ1n) is 3.33. The van der Waals surface area contributed by atoms with Gasteiger partial charge in [-0.15, -0.1) is 0 Å². The summed E-state index contributed by atoms with van der Waals surface area (Å²) in [6, 6.07) is 0. The highest BCUT2D eigenvalue weighted by Gasteiger charge is 2.19. The zero-order valence-corrected chi connectivity index (χ0v) is 7.32. The number of rotatable bonds is 4. The third-order valence-corrected chi connectivity index (χ3v) is 2.45. The van der Waals surface area contributed by atoms with E-state index < -0.39 is 23.1 Å². The highest BCUT2D eigenvalue weighted by atomic mass is 32.2. The predicted octanol–water partition coefficient (Wildman–Crippen LogP) is -0.882. The summed E-state index contributed by atoms with van der Waals surface area (Å²) >= 11 is 0.727. The predicted molar refractivity (Wildman–Crippen MR) is 43.0 cm³/mol. The van der Waals surface area contributed by atoms with Gasteiger partial charge in [-0.25, -0.2) is 0 Å². The first-order chi connectivity index (χ1) is 4.95. The van der Waals surface area contributed by atoms with Crippen molar-refractivity contribution in [3.05, 3.63) is 0 Å². The van der Waals surface area contributed by atoms with Gasteiger partial charge in [0.2, 0.25) is 0 Å². The minimum atomic E-state index is -1.06. The molecule has 0 amide bonds. The molecular formula is C6H14O4S. The third-order valence-electron chi connectivity index (χ3n) is 1.10. The molecule has 4 nitrogen and oxygen atoms in total. The van der Waals surface area contributed by atoms with Crippen LogP contribution in [0.25, 0.3) is 0 Å². The molecule has 0 aromatic heterocycles. The maximum Gasteiger partial charge on any atom is 0.127 e. The standard InChI is InChI=1S/C6H14O4S/c1-3(7)5(9)11-6(10)4(2)8/h3-10H,1-2H3. The van der Waals surface area contributed by atoms with E-state index in [1.54, 1.807) is 0 Å². The Morgan fingerprint density at radius 3 is 1.27 bits per heavy atom. The van der Waals surface area contributed by atoms with Crippen LogP contribution in [0.1, 0.15) is 13.8 Å². The number of hydrogen-bond acceptors (Lipinski definition) is 5. The highest BCUT2D eigenvalue weighted by molar-refractivity contribution is 8.00. The van der Waals surface area contributed by atoms with E-state index in [4.69, 9.17) is 20.4 Å². The summed E-state index contributed by atoms with van der Waals surface area (Å²) in [5.74, 6) is 0. The summed E-state index contributed by atoms with van der Waals surface area (Å²) in [4.78, 5) is 0. The average molecular weight is 182 g/mol. The molecule has 0 aliphatic heterocycles. The molecule has 0 bridgehead atoms. The lowest BCUT2D eigenvalue weighted by molar-refractivity contribution is 0.0682. The second-order valence-corrected chi connectivity index (χ2v) is 3.64. The van der Waals surface area contributed by atoms with Crippen LogP contribution < -0.4 is 0 Å². The third kappa shape index (κ3) is 4.60. The van der Waals surface area contributed by atoms with Gasteiger partial charge in [0.15, 0.2) is 0 Å². The molecule has 11 heavy (non-hydrogen) atoms. The molecule has 0 saturated carbocycles. The first-order valence-corrected chi connectivity index (χ1v) is 4.27. The van der Waals surface area contributed by atoms with Gasteiger partial charge < -0.3 is 20.4 Å². The van der Waals surface area contributed by atoms with Crippen molar-refractivity contribution in [3.63, 3.8) is 0 Å². The average Bonchev–Trinajstić information content (AvgIpc) is 1.87. The van der Waals surface area contributed by atoms with Crippen LogP contribution in [-0.2, 0) is 0 Å². The van der Waals surface area contributed by atoms with Crippen LogP contribution in [0.15, 0.2) is 0 Å². The fourth-order valence-corrected chi connectivity index (χ4v) is 1.11. The normalized spacial score (nSPS) is 22.4. The molecular weight excluding hydrogens is 168 g/mol. The van der Waals surface area contributed by atoms with Gasteiger partial charge in [0.1, 0.15) is 10.9 Å². The Kier molecular flexibility index (Phi) is 5.03. The molecule has 0 aliphatic rings. The molecule has 0 rings (SSSR count). The summed E-state index contributed by atoms with van der Waals surface area (Å²) in [5.41, 5.74) is -2.11. The molecule has 0 saturated heterocycles. The van der Waals surface area contributed by atoms with E-state index in [9.17, 15) is 0 Å². The van der Waals surface area contributed by atoms with Crippen molar-refractivity contribution >= 4 is 11.8 Å². The minimum Gasteiger partial charge on any atom is -0.390 e. The van der Waals surface area contributed by atoms with Crippen molar-refractivity contribution in [2.75, 3.05) is 0 Å².